The smallest absolute Gasteiger partial charge is 0.233 e. The number of hydrogen-bond donors (Lipinski definition) is 2. The van der Waals surface area contributed by atoms with E-state index in [-0.39, 0.29) is 18.6 Å². The van der Waals surface area contributed by atoms with Gasteiger partial charge >= 0.3 is 0 Å². The lowest BCUT2D eigenvalue weighted by molar-refractivity contribution is -0.122. The van der Waals surface area contributed by atoms with Crippen LogP contribution in [0.4, 0.5) is 0 Å². The van der Waals surface area contributed by atoms with Crippen molar-refractivity contribution in [2.45, 2.75) is 12.5 Å². The highest BCUT2D eigenvalue weighted by Crippen LogP contribution is 2.28. The standard InChI is InChI=1S/C13H18N2O2/c1-14-13(17)8-15-7-6-10-4-2-3-5-11(10)12(15)9-16/h2-5,12,16H,6-9H2,1H3,(H,14,17). The van der Waals surface area contributed by atoms with E-state index in [0.29, 0.717) is 6.54 Å². The van der Waals surface area contributed by atoms with Gasteiger partial charge in [-0.1, -0.05) is 24.3 Å². The van der Waals surface area contributed by atoms with Gasteiger partial charge in [-0.15, -0.1) is 0 Å². The van der Waals surface area contributed by atoms with Crippen molar-refractivity contribution in [1.82, 2.24) is 10.2 Å². The van der Waals surface area contributed by atoms with E-state index in [1.54, 1.807) is 7.05 Å². The number of carbonyl (C=O) groups excluding carboxylic acids is 1. The summed E-state index contributed by atoms with van der Waals surface area (Å²) in [6, 6.07) is 8.06. The second kappa shape index (κ2) is 5.29. The molecule has 1 heterocycles. The molecule has 1 aromatic rings. The Balaban J connectivity index is 2.20. The van der Waals surface area contributed by atoms with Crippen molar-refractivity contribution >= 4 is 5.91 Å². The first-order chi connectivity index (χ1) is 8.26. The average molecular weight is 234 g/mol. The zero-order valence-electron chi connectivity index (χ0n) is 10.0. The topological polar surface area (TPSA) is 52.6 Å². The van der Waals surface area contributed by atoms with E-state index >= 15 is 0 Å². The Morgan fingerprint density at radius 1 is 1.53 bits per heavy atom. The molecule has 0 saturated heterocycles. The van der Waals surface area contributed by atoms with Crippen molar-refractivity contribution in [3.63, 3.8) is 0 Å². The predicted molar refractivity (Wildman–Crippen MR) is 65.6 cm³/mol. The fourth-order valence-corrected chi connectivity index (χ4v) is 2.37. The largest absolute Gasteiger partial charge is 0.394 e. The van der Waals surface area contributed by atoms with Crippen molar-refractivity contribution in [1.29, 1.82) is 0 Å². The molecule has 0 bridgehead atoms. The third-order valence-electron chi connectivity index (χ3n) is 3.32. The lowest BCUT2D eigenvalue weighted by Gasteiger charge is -2.35. The third-order valence-corrected chi connectivity index (χ3v) is 3.32. The highest BCUT2D eigenvalue weighted by atomic mass is 16.3. The van der Waals surface area contributed by atoms with Gasteiger partial charge in [-0.2, -0.15) is 0 Å². The van der Waals surface area contributed by atoms with Gasteiger partial charge in [0.2, 0.25) is 5.91 Å². The van der Waals surface area contributed by atoms with Crippen molar-refractivity contribution in [3.05, 3.63) is 35.4 Å². The summed E-state index contributed by atoms with van der Waals surface area (Å²) < 4.78 is 0. The molecule has 92 valence electrons. The van der Waals surface area contributed by atoms with Crippen molar-refractivity contribution in [2.75, 3.05) is 26.7 Å². The maximum Gasteiger partial charge on any atom is 0.233 e. The maximum absolute atomic E-state index is 11.4. The first-order valence-corrected chi connectivity index (χ1v) is 5.89. The number of likely N-dealkylation sites (N-methyl/N-ethyl adjacent to an activating group) is 1. The van der Waals surface area contributed by atoms with E-state index in [1.807, 2.05) is 23.1 Å². The van der Waals surface area contributed by atoms with Gasteiger partial charge in [-0.3, -0.25) is 9.69 Å². The van der Waals surface area contributed by atoms with Crippen LogP contribution in [0.3, 0.4) is 0 Å². The van der Waals surface area contributed by atoms with E-state index in [0.717, 1.165) is 18.5 Å². The Kier molecular flexibility index (Phi) is 3.76. The number of benzene rings is 1. The van der Waals surface area contributed by atoms with Crippen LogP contribution in [0.1, 0.15) is 17.2 Å². The first-order valence-electron chi connectivity index (χ1n) is 5.89. The molecule has 0 aliphatic carbocycles. The maximum atomic E-state index is 11.4. The molecular weight excluding hydrogens is 216 g/mol. The normalized spacial score (nSPS) is 19.8. The van der Waals surface area contributed by atoms with Crippen LogP contribution in [-0.2, 0) is 11.2 Å². The van der Waals surface area contributed by atoms with E-state index in [2.05, 4.69) is 11.4 Å². The van der Waals surface area contributed by atoms with Gasteiger partial charge in [0.05, 0.1) is 19.2 Å². The van der Waals surface area contributed by atoms with Crippen LogP contribution in [0.2, 0.25) is 0 Å². The lowest BCUT2D eigenvalue weighted by Crippen LogP contribution is -2.43. The summed E-state index contributed by atoms with van der Waals surface area (Å²) in [5.41, 5.74) is 2.42. The second-order valence-electron chi connectivity index (χ2n) is 4.29. The fourth-order valence-electron chi connectivity index (χ4n) is 2.37. The van der Waals surface area contributed by atoms with Gasteiger partial charge in [0.15, 0.2) is 0 Å². The number of amides is 1. The third kappa shape index (κ3) is 2.48. The number of nitrogens with one attached hydrogen (secondary N) is 1. The highest BCUT2D eigenvalue weighted by Gasteiger charge is 2.27. The molecule has 0 saturated carbocycles. The van der Waals surface area contributed by atoms with E-state index in [4.69, 9.17) is 0 Å². The van der Waals surface area contributed by atoms with Gasteiger partial charge in [0.25, 0.3) is 0 Å². The average Bonchev–Trinajstić information content (AvgIpc) is 2.38. The fraction of sp³-hybridized carbons (Fsp3) is 0.462. The van der Waals surface area contributed by atoms with Crippen molar-refractivity contribution in [3.8, 4) is 0 Å². The Labute approximate surface area is 101 Å². The number of aliphatic hydroxyl groups excluding tert-OH is 1. The van der Waals surface area contributed by atoms with Crippen LogP contribution in [0.5, 0.6) is 0 Å². The zero-order valence-corrected chi connectivity index (χ0v) is 10.0. The SMILES string of the molecule is CNC(=O)CN1CCc2ccccc2C1CO. The molecule has 1 atom stereocenters. The van der Waals surface area contributed by atoms with E-state index in [9.17, 15) is 9.90 Å². The molecule has 0 radical (unpaired) electrons. The summed E-state index contributed by atoms with van der Waals surface area (Å²) in [4.78, 5) is 13.4. The van der Waals surface area contributed by atoms with E-state index < -0.39 is 0 Å². The molecule has 17 heavy (non-hydrogen) atoms. The zero-order chi connectivity index (χ0) is 12.3. The van der Waals surface area contributed by atoms with Crippen LogP contribution >= 0.6 is 0 Å². The molecule has 0 fully saturated rings. The quantitative estimate of drug-likeness (QED) is 0.792. The molecule has 1 amide bonds. The van der Waals surface area contributed by atoms with Crippen LogP contribution < -0.4 is 5.32 Å². The summed E-state index contributed by atoms with van der Waals surface area (Å²) in [5, 5.41) is 12.1. The number of aliphatic hydroxyl groups is 1. The molecule has 4 heteroatoms. The van der Waals surface area contributed by atoms with Crippen LogP contribution in [0.15, 0.2) is 24.3 Å². The number of fused-ring (bicyclic) bond motifs is 1. The number of nitrogens with zero attached hydrogens (tertiary/aromatic N) is 1. The molecule has 2 N–H and O–H groups in total. The second-order valence-corrected chi connectivity index (χ2v) is 4.29. The van der Waals surface area contributed by atoms with Crippen LogP contribution in [0.25, 0.3) is 0 Å². The van der Waals surface area contributed by atoms with Crippen molar-refractivity contribution < 1.29 is 9.90 Å². The van der Waals surface area contributed by atoms with Crippen molar-refractivity contribution in [2.24, 2.45) is 0 Å². The van der Waals surface area contributed by atoms with Gasteiger partial charge < -0.3 is 10.4 Å². The van der Waals surface area contributed by atoms with Crippen LogP contribution in [0, 0.1) is 0 Å². The number of carbonyl (C=O) groups is 1. The molecule has 1 unspecified atom stereocenters. The molecule has 1 aromatic carbocycles. The Hall–Kier alpha value is -1.39. The number of rotatable bonds is 3. The minimum absolute atomic E-state index is 0.0113. The Morgan fingerprint density at radius 3 is 3.00 bits per heavy atom. The summed E-state index contributed by atoms with van der Waals surface area (Å²) in [5.74, 6) is -0.0113. The molecule has 4 nitrogen and oxygen atoms in total. The molecule has 1 aliphatic rings. The van der Waals surface area contributed by atoms with E-state index in [1.165, 1.54) is 5.56 Å². The minimum atomic E-state index is -0.0581. The van der Waals surface area contributed by atoms with Gasteiger partial charge in [0, 0.05) is 13.6 Å². The highest BCUT2D eigenvalue weighted by molar-refractivity contribution is 5.77. The molecule has 1 aliphatic heterocycles. The Bertz CT molecular complexity index is 406. The summed E-state index contributed by atoms with van der Waals surface area (Å²) in [7, 11) is 1.63. The predicted octanol–water partition coefficient (Wildman–Crippen LogP) is 0.324. The summed E-state index contributed by atoms with van der Waals surface area (Å²) in [6.07, 6.45) is 0.934. The van der Waals surface area contributed by atoms with Gasteiger partial charge in [-0.05, 0) is 17.5 Å². The summed E-state index contributed by atoms with van der Waals surface area (Å²) in [6.45, 7) is 1.21. The Morgan fingerprint density at radius 2 is 2.29 bits per heavy atom. The van der Waals surface area contributed by atoms with Gasteiger partial charge in [0.1, 0.15) is 0 Å². The molecular formula is C13H18N2O2. The summed E-state index contributed by atoms with van der Waals surface area (Å²) >= 11 is 0. The monoisotopic (exact) mass is 234 g/mol. The first kappa shape index (κ1) is 12.1. The minimum Gasteiger partial charge on any atom is -0.394 e. The molecule has 2 rings (SSSR count). The van der Waals surface area contributed by atoms with Gasteiger partial charge in [-0.25, -0.2) is 0 Å². The molecule has 0 aromatic heterocycles. The lowest BCUT2D eigenvalue weighted by atomic mass is 9.93. The molecule has 0 spiro atoms. The number of hydrogen-bond acceptors (Lipinski definition) is 3. The van der Waals surface area contributed by atoms with Crippen LogP contribution in [-0.4, -0.2) is 42.7 Å².